The number of hydrogen-bond donors (Lipinski definition) is 1. The molecule has 21 heavy (non-hydrogen) atoms. The second-order valence-electron chi connectivity index (χ2n) is 5.50. The van der Waals surface area contributed by atoms with Crippen molar-refractivity contribution in [1.82, 2.24) is 4.31 Å². The van der Waals surface area contributed by atoms with Gasteiger partial charge in [-0.2, -0.15) is 4.31 Å². The quantitative estimate of drug-likeness (QED) is 0.890. The maximum Gasteiger partial charge on any atom is 0.246 e. The number of sulfonamides is 1. The molecule has 6 nitrogen and oxygen atoms in total. The van der Waals surface area contributed by atoms with Crippen molar-refractivity contribution in [3.63, 3.8) is 0 Å². The Morgan fingerprint density at radius 2 is 2.00 bits per heavy atom. The summed E-state index contributed by atoms with van der Waals surface area (Å²) in [6, 6.07) is 0. The molecule has 2 N–H and O–H groups in total. The number of nitrogens with two attached hydrogens (primary N) is 1. The third-order valence-corrected chi connectivity index (χ3v) is 5.95. The highest BCUT2D eigenvalue weighted by molar-refractivity contribution is 7.89. The first-order valence-corrected chi connectivity index (χ1v) is 8.68. The molecule has 0 spiro atoms. The third-order valence-electron chi connectivity index (χ3n) is 3.93. The van der Waals surface area contributed by atoms with Crippen LogP contribution in [-0.2, 0) is 21.3 Å². The summed E-state index contributed by atoms with van der Waals surface area (Å²) >= 11 is 0. The minimum absolute atomic E-state index is 0.0341. The number of likely N-dealkylation sites (N-methyl/N-ethyl adjacent to an activating group) is 1. The Kier molecular flexibility index (Phi) is 5.08. The van der Waals surface area contributed by atoms with E-state index in [4.69, 9.17) is 14.9 Å². The van der Waals surface area contributed by atoms with E-state index in [2.05, 4.69) is 0 Å². The van der Waals surface area contributed by atoms with Gasteiger partial charge in [-0.15, -0.1) is 0 Å². The van der Waals surface area contributed by atoms with Gasteiger partial charge in [0.1, 0.15) is 16.4 Å². The molecule has 7 heteroatoms. The average Bonchev–Trinajstić information content (AvgIpc) is 2.74. The molecule has 120 valence electrons. The molecule has 0 amide bonds. The topological polar surface area (TPSA) is 85.8 Å². The van der Waals surface area contributed by atoms with Crippen molar-refractivity contribution < 1.29 is 17.6 Å². The standard InChI is InChI=1S/C14H24N2O4S/c1-10-13(8-15)14(11(2)20-10)21(17,18)16(3)9-12-6-4-5-7-19-12/h12H,4-9,15H2,1-3H3. The number of rotatable bonds is 5. The molecule has 1 aliphatic heterocycles. The fourth-order valence-electron chi connectivity index (χ4n) is 2.78. The highest BCUT2D eigenvalue weighted by Crippen LogP contribution is 2.29. The van der Waals surface area contributed by atoms with Crippen LogP contribution in [0.2, 0.25) is 0 Å². The molecule has 1 unspecified atom stereocenters. The van der Waals surface area contributed by atoms with Crippen LogP contribution >= 0.6 is 0 Å². The predicted molar refractivity (Wildman–Crippen MR) is 79.5 cm³/mol. The second kappa shape index (κ2) is 6.48. The zero-order valence-corrected chi connectivity index (χ0v) is 13.7. The van der Waals surface area contributed by atoms with E-state index >= 15 is 0 Å². The molecule has 1 fully saturated rings. The molecule has 2 heterocycles. The summed E-state index contributed by atoms with van der Waals surface area (Å²) in [5.74, 6) is 0.959. The van der Waals surface area contributed by atoms with Gasteiger partial charge in [-0.1, -0.05) is 0 Å². The molecule has 1 atom stereocenters. The normalized spacial score (nSPS) is 20.1. The van der Waals surface area contributed by atoms with Crippen molar-refractivity contribution in [2.45, 2.75) is 50.7 Å². The number of aryl methyl sites for hydroxylation is 2. The lowest BCUT2D eigenvalue weighted by Gasteiger charge is -2.27. The Bertz CT molecular complexity index is 588. The number of furan rings is 1. The van der Waals surface area contributed by atoms with Crippen molar-refractivity contribution in [1.29, 1.82) is 0 Å². The molecule has 0 bridgehead atoms. The first-order chi connectivity index (χ1) is 9.87. The Labute approximate surface area is 126 Å². The summed E-state index contributed by atoms with van der Waals surface area (Å²) in [5.41, 5.74) is 6.24. The average molecular weight is 316 g/mol. The highest BCUT2D eigenvalue weighted by atomic mass is 32.2. The van der Waals surface area contributed by atoms with E-state index in [1.165, 1.54) is 4.31 Å². The van der Waals surface area contributed by atoms with Crippen LogP contribution in [-0.4, -0.2) is 39.0 Å². The summed E-state index contributed by atoms with van der Waals surface area (Å²) in [5, 5.41) is 0. The Morgan fingerprint density at radius 1 is 1.29 bits per heavy atom. The van der Waals surface area contributed by atoms with Crippen molar-refractivity contribution in [2.75, 3.05) is 20.2 Å². The van der Waals surface area contributed by atoms with E-state index in [1.54, 1.807) is 20.9 Å². The van der Waals surface area contributed by atoms with Crippen LogP contribution in [0.4, 0.5) is 0 Å². The van der Waals surface area contributed by atoms with Crippen LogP contribution in [0.5, 0.6) is 0 Å². The minimum Gasteiger partial charge on any atom is -0.465 e. The number of ether oxygens (including phenoxy) is 1. The van der Waals surface area contributed by atoms with Crippen LogP contribution in [0.3, 0.4) is 0 Å². The summed E-state index contributed by atoms with van der Waals surface area (Å²) in [4.78, 5) is 0.209. The SMILES string of the molecule is Cc1oc(C)c(S(=O)(=O)N(C)CC2CCCCO2)c1CN. The van der Waals surface area contributed by atoms with Crippen LogP contribution in [0.15, 0.2) is 9.31 Å². The molecule has 0 saturated carbocycles. The van der Waals surface area contributed by atoms with Gasteiger partial charge in [-0.3, -0.25) is 0 Å². The molecule has 1 aromatic rings. The molecule has 0 radical (unpaired) electrons. The molecule has 2 rings (SSSR count). The second-order valence-corrected chi connectivity index (χ2v) is 7.48. The number of hydrogen-bond acceptors (Lipinski definition) is 5. The zero-order chi connectivity index (χ0) is 15.6. The molecule has 1 saturated heterocycles. The molecule has 1 aromatic heterocycles. The van der Waals surface area contributed by atoms with Crippen LogP contribution in [0.1, 0.15) is 36.3 Å². The van der Waals surface area contributed by atoms with Gasteiger partial charge in [-0.05, 0) is 33.1 Å². The Morgan fingerprint density at radius 3 is 2.57 bits per heavy atom. The van der Waals surface area contributed by atoms with E-state index in [9.17, 15) is 8.42 Å². The van der Waals surface area contributed by atoms with Crippen LogP contribution in [0, 0.1) is 13.8 Å². The van der Waals surface area contributed by atoms with Gasteiger partial charge >= 0.3 is 0 Å². The van der Waals surface area contributed by atoms with Crippen molar-refractivity contribution in [3.05, 3.63) is 17.1 Å². The van der Waals surface area contributed by atoms with Crippen molar-refractivity contribution in [2.24, 2.45) is 5.73 Å². The minimum atomic E-state index is -3.61. The van der Waals surface area contributed by atoms with E-state index in [0.29, 0.717) is 30.2 Å². The van der Waals surface area contributed by atoms with Gasteiger partial charge in [0.05, 0.1) is 6.10 Å². The van der Waals surface area contributed by atoms with E-state index in [0.717, 1.165) is 19.3 Å². The monoisotopic (exact) mass is 316 g/mol. The molecular formula is C14H24N2O4S. The van der Waals surface area contributed by atoms with Gasteiger partial charge in [0.15, 0.2) is 0 Å². The van der Waals surface area contributed by atoms with Gasteiger partial charge < -0.3 is 14.9 Å². The fourth-order valence-corrected chi connectivity index (χ4v) is 4.39. The Balaban J connectivity index is 2.24. The van der Waals surface area contributed by atoms with E-state index in [1.807, 2.05) is 0 Å². The highest BCUT2D eigenvalue weighted by Gasteiger charge is 2.31. The first-order valence-electron chi connectivity index (χ1n) is 7.24. The van der Waals surface area contributed by atoms with E-state index in [-0.39, 0.29) is 17.5 Å². The maximum absolute atomic E-state index is 12.8. The predicted octanol–water partition coefficient (Wildman–Crippen LogP) is 1.54. The van der Waals surface area contributed by atoms with Crippen LogP contribution in [0.25, 0.3) is 0 Å². The zero-order valence-electron chi connectivity index (χ0n) is 12.9. The van der Waals surface area contributed by atoms with Gasteiger partial charge in [0.25, 0.3) is 0 Å². The molecular weight excluding hydrogens is 292 g/mol. The summed E-state index contributed by atoms with van der Waals surface area (Å²) < 4.78 is 38.0. The fraction of sp³-hybridized carbons (Fsp3) is 0.714. The maximum atomic E-state index is 12.8. The lowest BCUT2D eigenvalue weighted by atomic mass is 10.1. The van der Waals surface area contributed by atoms with Gasteiger partial charge in [0, 0.05) is 32.3 Å². The molecule has 0 aliphatic carbocycles. The Hall–Kier alpha value is -0.890. The number of nitrogens with zero attached hydrogens (tertiary/aromatic N) is 1. The first kappa shape index (κ1) is 16.5. The van der Waals surface area contributed by atoms with Gasteiger partial charge in [0.2, 0.25) is 10.0 Å². The van der Waals surface area contributed by atoms with E-state index < -0.39 is 10.0 Å². The van der Waals surface area contributed by atoms with Crippen molar-refractivity contribution >= 4 is 10.0 Å². The van der Waals surface area contributed by atoms with Crippen molar-refractivity contribution in [3.8, 4) is 0 Å². The summed E-state index contributed by atoms with van der Waals surface area (Å²) in [6.45, 7) is 4.60. The lowest BCUT2D eigenvalue weighted by Crippen LogP contribution is -2.37. The molecule has 0 aromatic carbocycles. The lowest BCUT2D eigenvalue weighted by molar-refractivity contribution is 0.00857. The summed E-state index contributed by atoms with van der Waals surface area (Å²) in [6.07, 6.45) is 2.99. The summed E-state index contributed by atoms with van der Waals surface area (Å²) in [7, 11) is -2.03. The molecule has 1 aliphatic rings. The van der Waals surface area contributed by atoms with Crippen LogP contribution < -0.4 is 5.73 Å². The largest absolute Gasteiger partial charge is 0.465 e. The van der Waals surface area contributed by atoms with Gasteiger partial charge in [-0.25, -0.2) is 8.42 Å². The smallest absolute Gasteiger partial charge is 0.246 e. The third kappa shape index (κ3) is 3.31.